The molecule has 2 saturated heterocycles. The highest BCUT2D eigenvalue weighted by molar-refractivity contribution is 5.49. The van der Waals surface area contributed by atoms with Crippen LogP contribution in [-0.2, 0) is 14.9 Å². The molecule has 0 aromatic heterocycles. The molecular weight excluding hydrogens is 532 g/mol. The van der Waals surface area contributed by atoms with Gasteiger partial charge in [0.1, 0.15) is 54.6 Å². The number of aromatic hydroxyl groups is 1. The molecule has 2 aliphatic heterocycles. The maximum absolute atomic E-state index is 10.5. The molecule has 0 bridgehead atoms. The van der Waals surface area contributed by atoms with E-state index in [9.17, 15) is 46.0 Å². The average Bonchev–Trinajstić information content (AvgIpc) is 2.94. The van der Waals surface area contributed by atoms with Crippen LogP contribution in [0.25, 0.3) is 0 Å². The van der Waals surface area contributed by atoms with Crippen LogP contribution in [0.5, 0.6) is 17.2 Å². The van der Waals surface area contributed by atoms with E-state index in [2.05, 4.69) is 0 Å². The Balaban J connectivity index is 1.71. The molecule has 13 nitrogen and oxygen atoms in total. The Hall–Kier alpha value is -2.56. The minimum atomic E-state index is -1.73. The molecule has 0 spiro atoms. The second kappa shape index (κ2) is 12.1. The van der Waals surface area contributed by atoms with E-state index in [1.807, 2.05) is 13.8 Å². The summed E-state index contributed by atoms with van der Waals surface area (Å²) in [6.07, 6.45) is -15.6. The van der Waals surface area contributed by atoms with Gasteiger partial charge in [0.25, 0.3) is 0 Å². The van der Waals surface area contributed by atoms with Crippen LogP contribution in [-0.4, -0.2) is 121 Å². The lowest BCUT2D eigenvalue weighted by Crippen LogP contribution is -2.60. The van der Waals surface area contributed by atoms with Gasteiger partial charge in [-0.15, -0.1) is 0 Å². The number of hydrogen-bond donors (Lipinski definition) is 9. The molecule has 9 N–H and O–H groups in total. The second-order valence-electron chi connectivity index (χ2n) is 10.5. The van der Waals surface area contributed by atoms with Crippen molar-refractivity contribution in [3.63, 3.8) is 0 Å². The molecule has 0 radical (unpaired) electrons. The topological polar surface area (TPSA) is 219 Å². The van der Waals surface area contributed by atoms with Crippen LogP contribution in [0.4, 0.5) is 0 Å². The van der Waals surface area contributed by atoms with Crippen LogP contribution in [0.2, 0.25) is 0 Å². The molecular formula is C27H36O13. The predicted molar refractivity (Wildman–Crippen MR) is 135 cm³/mol. The molecule has 0 saturated carbocycles. The molecule has 0 amide bonds. The van der Waals surface area contributed by atoms with E-state index < -0.39 is 80.0 Å². The first-order valence-electron chi connectivity index (χ1n) is 12.8. The molecule has 0 unspecified atom stereocenters. The summed E-state index contributed by atoms with van der Waals surface area (Å²) in [4.78, 5) is 0. The summed E-state index contributed by atoms with van der Waals surface area (Å²) in [5.41, 5.74) is 0.827. The summed E-state index contributed by atoms with van der Waals surface area (Å²) in [6, 6.07) is 11.3. The smallest absolute Gasteiger partial charge is 0.229 e. The minimum Gasteiger partial charge on any atom is -0.508 e. The highest BCUT2D eigenvalue weighted by Crippen LogP contribution is 2.40. The number of aliphatic hydroxyl groups excluding tert-OH is 8. The quantitative estimate of drug-likeness (QED) is 0.170. The number of phenolic OH excluding ortho intramolecular Hbond substituents is 1. The van der Waals surface area contributed by atoms with Crippen molar-refractivity contribution in [3.8, 4) is 17.2 Å². The lowest BCUT2D eigenvalue weighted by atomic mass is 9.78. The first kappa shape index (κ1) is 30.4. The van der Waals surface area contributed by atoms with Gasteiger partial charge < -0.3 is 64.9 Å². The minimum absolute atomic E-state index is 0.0634. The van der Waals surface area contributed by atoms with Gasteiger partial charge in [0.2, 0.25) is 12.6 Å². The maximum Gasteiger partial charge on any atom is 0.229 e. The van der Waals surface area contributed by atoms with Gasteiger partial charge in [-0.3, -0.25) is 0 Å². The molecule has 2 heterocycles. The first-order chi connectivity index (χ1) is 18.9. The Morgan fingerprint density at radius 1 is 0.625 bits per heavy atom. The average molecular weight is 569 g/mol. The predicted octanol–water partition coefficient (Wildman–Crippen LogP) is -1.92. The van der Waals surface area contributed by atoms with Gasteiger partial charge in [0.15, 0.2) is 11.5 Å². The van der Waals surface area contributed by atoms with Crippen molar-refractivity contribution in [1.29, 1.82) is 0 Å². The Labute approximate surface area is 230 Å². The summed E-state index contributed by atoms with van der Waals surface area (Å²) in [5, 5.41) is 90.4. The Morgan fingerprint density at radius 3 is 1.55 bits per heavy atom. The van der Waals surface area contributed by atoms with E-state index in [1.165, 1.54) is 6.07 Å². The third kappa shape index (κ3) is 5.90. The summed E-state index contributed by atoms with van der Waals surface area (Å²) in [6.45, 7) is 2.47. The van der Waals surface area contributed by atoms with Gasteiger partial charge in [0.05, 0.1) is 13.2 Å². The number of benzene rings is 2. The molecule has 40 heavy (non-hydrogen) atoms. The van der Waals surface area contributed by atoms with Gasteiger partial charge in [-0.05, 0) is 35.4 Å². The fraction of sp³-hybridized carbons (Fsp3) is 0.556. The SMILES string of the molecule is CC(C)(c1ccc(O)cc1)c1ccc(O[C@@H]2O[C@H](CO)[C@@H](O)[C@H](O)[C@H]2O)c(O[C@@H]2O[C@H](CO)[C@@H](O)[C@H](O)[C@H]2O)c1. The Bertz CT molecular complexity index is 1120. The maximum atomic E-state index is 10.5. The molecule has 0 aliphatic carbocycles. The van der Waals surface area contributed by atoms with Crippen molar-refractivity contribution < 1.29 is 64.9 Å². The zero-order valence-electron chi connectivity index (χ0n) is 21.9. The van der Waals surface area contributed by atoms with Crippen molar-refractivity contribution in [2.45, 2.75) is 80.7 Å². The Kier molecular flexibility index (Phi) is 9.21. The van der Waals surface area contributed by atoms with Gasteiger partial charge in [-0.2, -0.15) is 0 Å². The Morgan fingerprint density at radius 2 is 1.07 bits per heavy atom. The molecule has 2 aliphatic rings. The van der Waals surface area contributed by atoms with Gasteiger partial charge in [-0.25, -0.2) is 0 Å². The van der Waals surface area contributed by atoms with Crippen LogP contribution in [0.15, 0.2) is 42.5 Å². The van der Waals surface area contributed by atoms with E-state index in [0.29, 0.717) is 5.56 Å². The molecule has 2 fully saturated rings. The van der Waals surface area contributed by atoms with E-state index in [1.54, 1.807) is 36.4 Å². The number of hydrogen-bond acceptors (Lipinski definition) is 13. The molecule has 4 rings (SSSR count). The molecule has 222 valence electrons. The summed E-state index contributed by atoms with van der Waals surface area (Å²) < 4.78 is 22.6. The lowest BCUT2D eigenvalue weighted by molar-refractivity contribution is -0.282. The van der Waals surface area contributed by atoms with E-state index >= 15 is 0 Å². The van der Waals surface area contributed by atoms with E-state index in [-0.39, 0.29) is 17.2 Å². The summed E-state index contributed by atoms with van der Waals surface area (Å²) in [5.74, 6) is -0.0355. The van der Waals surface area contributed by atoms with Crippen molar-refractivity contribution >= 4 is 0 Å². The van der Waals surface area contributed by atoms with Crippen molar-refractivity contribution in [1.82, 2.24) is 0 Å². The highest BCUT2D eigenvalue weighted by atomic mass is 16.7. The third-order valence-electron chi connectivity index (χ3n) is 7.44. The zero-order valence-corrected chi connectivity index (χ0v) is 21.9. The van der Waals surface area contributed by atoms with Crippen LogP contribution in [0.1, 0.15) is 25.0 Å². The van der Waals surface area contributed by atoms with Gasteiger partial charge >= 0.3 is 0 Å². The zero-order chi connectivity index (χ0) is 29.4. The third-order valence-corrected chi connectivity index (χ3v) is 7.44. The van der Waals surface area contributed by atoms with Crippen LogP contribution in [0.3, 0.4) is 0 Å². The lowest BCUT2D eigenvalue weighted by Gasteiger charge is -2.41. The monoisotopic (exact) mass is 568 g/mol. The van der Waals surface area contributed by atoms with Crippen LogP contribution >= 0.6 is 0 Å². The van der Waals surface area contributed by atoms with Crippen LogP contribution < -0.4 is 9.47 Å². The van der Waals surface area contributed by atoms with Crippen molar-refractivity contribution in [2.24, 2.45) is 0 Å². The van der Waals surface area contributed by atoms with E-state index in [4.69, 9.17) is 18.9 Å². The van der Waals surface area contributed by atoms with Crippen molar-refractivity contribution in [3.05, 3.63) is 53.6 Å². The van der Waals surface area contributed by atoms with Gasteiger partial charge in [-0.1, -0.05) is 32.0 Å². The number of phenols is 1. The fourth-order valence-electron chi connectivity index (χ4n) is 4.71. The van der Waals surface area contributed by atoms with Crippen molar-refractivity contribution in [2.75, 3.05) is 13.2 Å². The molecule has 2 aromatic carbocycles. The summed E-state index contributed by atoms with van der Waals surface area (Å²) >= 11 is 0. The highest BCUT2D eigenvalue weighted by Gasteiger charge is 2.47. The number of rotatable bonds is 8. The standard InChI is InChI=1S/C27H36O13/c1-27(2,12-3-6-14(30)7-4-12)13-5-8-15(37-25-23(35)21(33)19(31)17(10-28)39-25)16(9-13)38-26-24(36)22(34)20(32)18(11-29)40-26/h3-9,17-26,28-36H,10-11H2,1-2H3/t17-,18-,19-,20-,21+,22+,23-,24-,25-,26-/m1/s1. The van der Waals surface area contributed by atoms with Crippen LogP contribution in [0, 0.1) is 0 Å². The van der Waals surface area contributed by atoms with Gasteiger partial charge in [0, 0.05) is 5.41 Å². The molecule has 10 atom stereocenters. The number of ether oxygens (including phenoxy) is 4. The number of aliphatic hydroxyl groups is 8. The van der Waals surface area contributed by atoms with E-state index in [0.717, 1.165) is 5.56 Å². The largest absolute Gasteiger partial charge is 0.508 e. The first-order valence-corrected chi connectivity index (χ1v) is 12.8. The normalized spacial score (nSPS) is 34.9. The molecule has 13 heteroatoms. The second-order valence-corrected chi connectivity index (χ2v) is 10.5. The fourth-order valence-corrected chi connectivity index (χ4v) is 4.71. The molecule has 2 aromatic rings. The summed E-state index contributed by atoms with van der Waals surface area (Å²) in [7, 11) is 0.